The standard InChI is InChI=1S/C19H20N4.ClH/c1-4-6-16-20-15-10-13(9-12(3)18(15)22-16)19-21-14-8-5-7-11(2)17(14)23-19;/h5,7-10H,4,6H2,1-3H3,(H,20,22)(H,21,23);1H. The van der Waals surface area contributed by atoms with Crippen molar-refractivity contribution >= 4 is 34.5 Å². The lowest BCUT2D eigenvalue weighted by Gasteiger charge is -2.00. The van der Waals surface area contributed by atoms with Gasteiger partial charge in [0.15, 0.2) is 0 Å². The Morgan fingerprint density at radius 1 is 0.917 bits per heavy atom. The van der Waals surface area contributed by atoms with Crippen LogP contribution in [-0.4, -0.2) is 19.9 Å². The number of halogens is 1. The lowest BCUT2D eigenvalue weighted by Crippen LogP contribution is -1.84. The maximum Gasteiger partial charge on any atom is 0.138 e. The second-order valence-corrected chi connectivity index (χ2v) is 6.18. The van der Waals surface area contributed by atoms with Crippen LogP contribution in [0.4, 0.5) is 0 Å². The fourth-order valence-electron chi connectivity index (χ4n) is 3.14. The molecule has 4 nitrogen and oxygen atoms in total. The molecule has 5 heteroatoms. The lowest BCUT2D eigenvalue weighted by atomic mass is 10.1. The van der Waals surface area contributed by atoms with Crippen LogP contribution < -0.4 is 0 Å². The van der Waals surface area contributed by atoms with Gasteiger partial charge in [-0.2, -0.15) is 0 Å². The first-order chi connectivity index (χ1) is 11.2. The SMILES string of the molecule is CCCc1nc2cc(-c3nc4cccc(C)c4[nH]3)cc(C)c2[nH]1.Cl. The maximum absolute atomic E-state index is 4.74. The van der Waals surface area contributed by atoms with Crippen LogP contribution in [0.5, 0.6) is 0 Å². The fraction of sp³-hybridized carbons (Fsp3) is 0.263. The molecule has 0 bridgehead atoms. The van der Waals surface area contributed by atoms with Crippen LogP contribution >= 0.6 is 12.4 Å². The topological polar surface area (TPSA) is 57.4 Å². The highest BCUT2D eigenvalue weighted by Crippen LogP contribution is 2.27. The Bertz CT molecular complexity index is 1010. The maximum atomic E-state index is 4.74. The molecule has 24 heavy (non-hydrogen) atoms. The van der Waals surface area contributed by atoms with E-state index in [9.17, 15) is 0 Å². The number of benzene rings is 2. The van der Waals surface area contributed by atoms with E-state index >= 15 is 0 Å². The van der Waals surface area contributed by atoms with Crippen molar-refractivity contribution in [2.45, 2.75) is 33.6 Å². The minimum absolute atomic E-state index is 0. The molecule has 0 saturated heterocycles. The van der Waals surface area contributed by atoms with Crippen LogP contribution in [0.15, 0.2) is 30.3 Å². The Balaban J connectivity index is 0.00000169. The number of hydrogen-bond donors (Lipinski definition) is 2. The molecule has 4 aromatic rings. The highest BCUT2D eigenvalue weighted by molar-refractivity contribution is 5.87. The zero-order valence-corrected chi connectivity index (χ0v) is 14.9. The molecule has 0 radical (unpaired) electrons. The van der Waals surface area contributed by atoms with E-state index in [2.05, 4.69) is 48.9 Å². The number of imidazole rings is 2. The summed E-state index contributed by atoms with van der Waals surface area (Å²) in [6, 6.07) is 10.5. The Hall–Kier alpha value is -2.33. The molecule has 0 aliphatic heterocycles. The molecule has 0 fully saturated rings. The van der Waals surface area contributed by atoms with Gasteiger partial charge in [0, 0.05) is 12.0 Å². The molecular formula is C19H21ClN4. The molecule has 0 atom stereocenters. The summed E-state index contributed by atoms with van der Waals surface area (Å²) in [4.78, 5) is 16.4. The Morgan fingerprint density at radius 2 is 1.71 bits per heavy atom. The summed E-state index contributed by atoms with van der Waals surface area (Å²) in [5.74, 6) is 1.96. The van der Waals surface area contributed by atoms with Crippen LogP contribution in [-0.2, 0) is 6.42 Å². The van der Waals surface area contributed by atoms with Gasteiger partial charge in [0.25, 0.3) is 0 Å². The molecule has 0 aliphatic rings. The molecule has 2 aromatic carbocycles. The molecule has 124 valence electrons. The number of aromatic nitrogens is 4. The average Bonchev–Trinajstić information content (AvgIpc) is 3.12. The van der Waals surface area contributed by atoms with Crippen LogP contribution in [0.1, 0.15) is 30.3 Å². The van der Waals surface area contributed by atoms with E-state index in [0.29, 0.717) is 0 Å². The van der Waals surface area contributed by atoms with Crippen molar-refractivity contribution in [2.75, 3.05) is 0 Å². The average molecular weight is 341 g/mol. The van der Waals surface area contributed by atoms with E-state index in [1.807, 2.05) is 12.1 Å². The second-order valence-electron chi connectivity index (χ2n) is 6.18. The molecular weight excluding hydrogens is 320 g/mol. The first kappa shape index (κ1) is 16.5. The van der Waals surface area contributed by atoms with E-state index in [1.54, 1.807) is 0 Å². The van der Waals surface area contributed by atoms with Gasteiger partial charge in [0.1, 0.15) is 11.6 Å². The summed E-state index contributed by atoms with van der Waals surface area (Å²) in [6.45, 7) is 6.39. The molecule has 0 aliphatic carbocycles. The molecule has 0 saturated carbocycles. The van der Waals surface area contributed by atoms with Crippen LogP contribution in [0, 0.1) is 13.8 Å². The number of para-hydroxylation sites is 1. The van der Waals surface area contributed by atoms with E-state index in [0.717, 1.165) is 52.1 Å². The van der Waals surface area contributed by atoms with Gasteiger partial charge in [-0.3, -0.25) is 0 Å². The third kappa shape index (κ3) is 2.67. The van der Waals surface area contributed by atoms with Crippen LogP contribution in [0.3, 0.4) is 0 Å². The van der Waals surface area contributed by atoms with Gasteiger partial charge < -0.3 is 9.97 Å². The largest absolute Gasteiger partial charge is 0.342 e. The zero-order chi connectivity index (χ0) is 16.0. The first-order valence-electron chi connectivity index (χ1n) is 8.10. The number of aromatic amines is 2. The smallest absolute Gasteiger partial charge is 0.138 e. The van der Waals surface area contributed by atoms with E-state index in [1.165, 1.54) is 11.1 Å². The summed E-state index contributed by atoms with van der Waals surface area (Å²) in [6.07, 6.45) is 2.07. The highest BCUT2D eigenvalue weighted by atomic mass is 35.5. The van der Waals surface area contributed by atoms with E-state index in [4.69, 9.17) is 9.97 Å². The number of rotatable bonds is 3. The van der Waals surface area contributed by atoms with Crippen LogP contribution in [0.2, 0.25) is 0 Å². The van der Waals surface area contributed by atoms with E-state index < -0.39 is 0 Å². The molecule has 0 amide bonds. The summed E-state index contributed by atoms with van der Waals surface area (Å²) < 4.78 is 0. The van der Waals surface area contributed by atoms with Crippen molar-refractivity contribution in [2.24, 2.45) is 0 Å². The second kappa shape index (κ2) is 6.29. The summed E-state index contributed by atoms with van der Waals surface area (Å²) in [5.41, 5.74) is 7.75. The van der Waals surface area contributed by atoms with Crippen molar-refractivity contribution in [3.63, 3.8) is 0 Å². The first-order valence-corrected chi connectivity index (χ1v) is 8.10. The lowest BCUT2D eigenvalue weighted by molar-refractivity contribution is 0.861. The van der Waals surface area contributed by atoms with Crippen molar-refractivity contribution < 1.29 is 0 Å². The van der Waals surface area contributed by atoms with Gasteiger partial charge in [-0.15, -0.1) is 12.4 Å². The third-order valence-electron chi connectivity index (χ3n) is 4.33. The van der Waals surface area contributed by atoms with Crippen LogP contribution in [0.25, 0.3) is 33.5 Å². The number of hydrogen-bond acceptors (Lipinski definition) is 2. The predicted molar refractivity (Wildman–Crippen MR) is 102 cm³/mol. The molecule has 2 heterocycles. The number of nitrogens with one attached hydrogen (secondary N) is 2. The van der Waals surface area contributed by atoms with Gasteiger partial charge in [-0.1, -0.05) is 19.1 Å². The normalized spacial score (nSPS) is 11.1. The van der Waals surface area contributed by atoms with Gasteiger partial charge in [0.05, 0.1) is 22.1 Å². The number of nitrogens with zero attached hydrogens (tertiary/aromatic N) is 2. The molecule has 0 spiro atoms. The zero-order valence-electron chi connectivity index (χ0n) is 14.1. The molecule has 0 unspecified atom stereocenters. The van der Waals surface area contributed by atoms with Crippen molar-refractivity contribution in [3.8, 4) is 11.4 Å². The molecule has 2 N–H and O–H groups in total. The number of fused-ring (bicyclic) bond motifs is 2. The van der Waals surface area contributed by atoms with Crippen molar-refractivity contribution in [3.05, 3.63) is 47.3 Å². The van der Waals surface area contributed by atoms with Gasteiger partial charge in [0.2, 0.25) is 0 Å². The number of H-pyrrole nitrogens is 2. The summed E-state index contributed by atoms with van der Waals surface area (Å²) in [7, 11) is 0. The Morgan fingerprint density at radius 3 is 2.46 bits per heavy atom. The van der Waals surface area contributed by atoms with Gasteiger partial charge in [-0.25, -0.2) is 9.97 Å². The monoisotopic (exact) mass is 340 g/mol. The quantitative estimate of drug-likeness (QED) is 0.545. The third-order valence-corrected chi connectivity index (χ3v) is 4.33. The number of aryl methyl sites for hydroxylation is 3. The Kier molecular flexibility index (Phi) is 4.33. The molecule has 4 rings (SSSR count). The minimum atomic E-state index is 0. The van der Waals surface area contributed by atoms with Gasteiger partial charge in [-0.05, 0) is 49.6 Å². The van der Waals surface area contributed by atoms with Crippen molar-refractivity contribution in [1.29, 1.82) is 0 Å². The fourth-order valence-corrected chi connectivity index (χ4v) is 3.14. The van der Waals surface area contributed by atoms with E-state index in [-0.39, 0.29) is 12.4 Å². The summed E-state index contributed by atoms with van der Waals surface area (Å²) in [5, 5.41) is 0. The van der Waals surface area contributed by atoms with Gasteiger partial charge >= 0.3 is 0 Å². The minimum Gasteiger partial charge on any atom is -0.342 e. The molecule has 2 aromatic heterocycles. The van der Waals surface area contributed by atoms with Crippen molar-refractivity contribution in [1.82, 2.24) is 19.9 Å². The highest BCUT2D eigenvalue weighted by Gasteiger charge is 2.11. The predicted octanol–water partition coefficient (Wildman–Crippen LogP) is 5.10. The Labute approximate surface area is 147 Å². The summed E-state index contributed by atoms with van der Waals surface area (Å²) >= 11 is 0.